The topological polar surface area (TPSA) is 73.8 Å². The fourth-order valence-electron chi connectivity index (χ4n) is 2.09. The molecule has 6 heteroatoms. The minimum Gasteiger partial charge on any atom is -0.340 e. The molecule has 0 aromatic carbocycles. The molecule has 1 fully saturated rings. The van der Waals surface area contributed by atoms with Crippen molar-refractivity contribution in [2.45, 2.75) is 19.8 Å². The fourth-order valence-corrected chi connectivity index (χ4v) is 2.09. The van der Waals surface area contributed by atoms with Gasteiger partial charge in [-0.05, 0) is 6.42 Å². The number of guanidine groups is 1. The number of carbonyl (C=O) groups is 2. The third kappa shape index (κ3) is 2.63. The van der Waals surface area contributed by atoms with E-state index in [0.29, 0.717) is 12.4 Å². The van der Waals surface area contributed by atoms with Crippen LogP contribution in [0.4, 0.5) is 0 Å². The number of amides is 2. The lowest BCUT2D eigenvalue weighted by Gasteiger charge is -2.32. The van der Waals surface area contributed by atoms with E-state index in [1.54, 1.807) is 0 Å². The Hall–Kier alpha value is -1.43. The van der Waals surface area contributed by atoms with Gasteiger partial charge in [0.05, 0.1) is 0 Å². The van der Waals surface area contributed by atoms with Crippen LogP contribution in [0.2, 0.25) is 0 Å². The molecule has 0 aliphatic carbocycles. The van der Waals surface area contributed by atoms with Crippen molar-refractivity contribution in [3.8, 4) is 0 Å². The Labute approximate surface area is 100 Å². The Morgan fingerprint density at radius 1 is 1.35 bits per heavy atom. The molecule has 2 rings (SSSR count). The summed E-state index contributed by atoms with van der Waals surface area (Å²) >= 11 is 0. The quantitative estimate of drug-likeness (QED) is 0.625. The third-order valence-electron chi connectivity index (χ3n) is 3.06. The van der Waals surface area contributed by atoms with E-state index in [4.69, 9.17) is 0 Å². The van der Waals surface area contributed by atoms with E-state index in [0.717, 1.165) is 32.6 Å². The van der Waals surface area contributed by atoms with Gasteiger partial charge in [0.1, 0.15) is 5.92 Å². The average Bonchev–Trinajstić information content (AvgIpc) is 2.35. The van der Waals surface area contributed by atoms with Gasteiger partial charge < -0.3 is 10.2 Å². The van der Waals surface area contributed by atoms with Gasteiger partial charge in [-0.25, -0.2) is 0 Å². The molecule has 1 unspecified atom stereocenters. The predicted molar refractivity (Wildman–Crippen MR) is 63.4 cm³/mol. The zero-order chi connectivity index (χ0) is 12.3. The molecule has 0 aromatic rings. The summed E-state index contributed by atoms with van der Waals surface area (Å²) in [6.07, 6.45) is 1.38. The summed E-state index contributed by atoms with van der Waals surface area (Å²) < 4.78 is 0. The molecule has 2 amide bonds. The van der Waals surface area contributed by atoms with Crippen LogP contribution in [-0.4, -0.2) is 48.9 Å². The van der Waals surface area contributed by atoms with Crippen molar-refractivity contribution in [3.63, 3.8) is 0 Å². The van der Waals surface area contributed by atoms with Gasteiger partial charge in [-0.15, -0.1) is 0 Å². The van der Waals surface area contributed by atoms with Crippen molar-refractivity contribution in [2.24, 2.45) is 10.9 Å². The predicted octanol–water partition coefficient (Wildman–Crippen LogP) is -0.680. The second-order valence-electron chi connectivity index (χ2n) is 4.34. The number of carbonyl (C=O) groups excluding carboxylic acids is 2. The van der Waals surface area contributed by atoms with Crippen molar-refractivity contribution >= 4 is 17.8 Å². The summed E-state index contributed by atoms with van der Waals surface area (Å²) in [6.45, 7) is 5.19. The van der Waals surface area contributed by atoms with E-state index in [9.17, 15) is 9.59 Å². The van der Waals surface area contributed by atoms with Gasteiger partial charge in [0.2, 0.25) is 11.9 Å². The summed E-state index contributed by atoms with van der Waals surface area (Å²) in [5.74, 6) is -0.676. The van der Waals surface area contributed by atoms with Crippen LogP contribution in [0.3, 0.4) is 0 Å². The van der Waals surface area contributed by atoms with E-state index < -0.39 is 5.92 Å². The first-order chi connectivity index (χ1) is 8.22. The molecule has 0 saturated carbocycles. The molecule has 2 heterocycles. The molecule has 0 bridgehead atoms. The Bertz CT molecular complexity index is 347. The average molecular weight is 238 g/mol. The van der Waals surface area contributed by atoms with Crippen LogP contribution in [0, 0.1) is 5.92 Å². The summed E-state index contributed by atoms with van der Waals surface area (Å²) in [6, 6.07) is 0. The van der Waals surface area contributed by atoms with E-state index in [1.165, 1.54) is 0 Å². The highest BCUT2D eigenvalue weighted by molar-refractivity contribution is 6.15. The normalized spacial score (nSPS) is 25.6. The standard InChI is InChI=1S/C11H18N4O2/c1-2-3-8-9(16)13-11(14-10(8)17)15-6-4-12-5-7-15/h8,12H,2-7H2,1H3,(H,13,14,16,17). The molecule has 2 aliphatic rings. The minimum atomic E-state index is -0.591. The molecule has 2 N–H and O–H groups in total. The number of hydrogen-bond donors (Lipinski definition) is 2. The molecule has 17 heavy (non-hydrogen) atoms. The summed E-state index contributed by atoms with van der Waals surface area (Å²) in [4.78, 5) is 29.5. The van der Waals surface area contributed by atoms with E-state index >= 15 is 0 Å². The summed E-state index contributed by atoms with van der Waals surface area (Å²) in [5, 5.41) is 5.95. The van der Waals surface area contributed by atoms with E-state index in [2.05, 4.69) is 15.6 Å². The number of rotatable bonds is 2. The summed E-state index contributed by atoms with van der Waals surface area (Å²) in [5.41, 5.74) is 0. The molecular weight excluding hydrogens is 220 g/mol. The lowest BCUT2D eigenvalue weighted by molar-refractivity contribution is -0.134. The minimum absolute atomic E-state index is 0.208. The molecule has 2 aliphatic heterocycles. The van der Waals surface area contributed by atoms with Gasteiger partial charge in [0, 0.05) is 26.2 Å². The van der Waals surface area contributed by atoms with Crippen LogP contribution >= 0.6 is 0 Å². The van der Waals surface area contributed by atoms with E-state index in [-0.39, 0.29) is 11.8 Å². The maximum absolute atomic E-state index is 11.8. The Morgan fingerprint density at radius 2 is 2.06 bits per heavy atom. The first kappa shape index (κ1) is 12.0. The van der Waals surface area contributed by atoms with Crippen LogP contribution in [0.1, 0.15) is 19.8 Å². The van der Waals surface area contributed by atoms with E-state index in [1.807, 2.05) is 11.8 Å². The van der Waals surface area contributed by atoms with Crippen molar-refractivity contribution in [3.05, 3.63) is 0 Å². The zero-order valence-electron chi connectivity index (χ0n) is 10.0. The van der Waals surface area contributed by atoms with Crippen molar-refractivity contribution < 1.29 is 9.59 Å². The molecular formula is C11H18N4O2. The van der Waals surface area contributed by atoms with Crippen LogP contribution in [0.25, 0.3) is 0 Å². The van der Waals surface area contributed by atoms with Crippen molar-refractivity contribution in [1.82, 2.24) is 15.5 Å². The molecule has 1 atom stereocenters. The number of hydrogen-bond acceptors (Lipinski definition) is 4. The molecule has 1 saturated heterocycles. The maximum Gasteiger partial charge on any atom is 0.261 e. The van der Waals surface area contributed by atoms with Gasteiger partial charge in [0.25, 0.3) is 5.91 Å². The maximum atomic E-state index is 11.8. The molecule has 6 nitrogen and oxygen atoms in total. The smallest absolute Gasteiger partial charge is 0.261 e. The first-order valence-corrected chi connectivity index (χ1v) is 6.11. The highest BCUT2D eigenvalue weighted by atomic mass is 16.2. The first-order valence-electron chi connectivity index (χ1n) is 6.11. The van der Waals surface area contributed by atoms with Gasteiger partial charge in [-0.3, -0.25) is 14.9 Å². The number of aliphatic imine (C=N–C) groups is 1. The lowest BCUT2D eigenvalue weighted by Crippen LogP contribution is -2.56. The second-order valence-corrected chi connectivity index (χ2v) is 4.34. The Balaban J connectivity index is 2.07. The molecule has 94 valence electrons. The molecule has 0 aromatic heterocycles. The number of nitrogens with one attached hydrogen (secondary N) is 2. The van der Waals surface area contributed by atoms with Crippen LogP contribution in [0.5, 0.6) is 0 Å². The summed E-state index contributed by atoms with van der Waals surface area (Å²) in [7, 11) is 0. The monoisotopic (exact) mass is 238 g/mol. The Morgan fingerprint density at radius 3 is 2.65 bits per heavy atom. The molecule has 0 radical (unpaired) electrons. The molecule has 0 spiro atoms. The third-order valence-corrected chi connectivity index (χ3v) is 3.06. The van der Waals surface area contributed by atoms with Crippen molar-refractivity contribution in [2.75, 3.05) is 26.2 Å². The highest BCUT2D eigenvalue weighted by Crippen LogP contribution is 2.13. The van der Waals surface area contributed by atoms with Gasteiger partial charge in [-0.1, -0.05) is 13.3 Å². The fraction of sp³-hybridized carbons (Fsp3) is 0.727. The van der Waals surface area contributed by atoms with Crippen LogP contribution < -0.4 is 10.6 Å². The van der Waals surface area contributed by atoms with Crippen molar-refractivity contribution in [1.29, 1.82) is 0 Å². The highest BCUT2D eigenvalue weighted by Gasteiger charge is 2.32. The SMILES string of the molecule is CCCC1C(=O)N=C(N2CCNCC2)NC1=O. The largest absolute Gasteiger partial charge is 0.340 e. The number of nitrogens with zero attached hydrogens (tertiary/aromatic N) is 2. The number of piperazine rings is 1. The van der Waals surface area contributed by atoms with Crippen LogP contribution in [0.15, 0.2) is 4.99 Å². The van der Waals surface area contributed by atoms with Gasteiger partial charge >= 0.3 is 0 Å². The zero-order valence-corrected chi connectivity index (χ0v) is 10.0. The lowest BCUT2D eigenvalue weighted by atomic mass is 10.0. The van der Waals surface area contributed by atoms with Gasteiger partial charge in [-0.2, -0.15) is 4.99 Å². The Kier molecular flexibility index (Phi) is 3.73. The van der Waals surface area contributed by atoms with Gasteiger partial charge in [0.15, 0.2) is 0 Å². The van der Waals surface area contributed by atoms with Crippen LogP contribution in [-0.2, 0) is 9.59 Å². The second kappa shape index (κ2) is 5.27.